The third-order valence-corrected chi connectivity index (χ3v) is 7.58. The summed E-state index contributed by atoms with van der Waals surface area (Å²) < 4.78 is 10.7. The summed E-state index contributed by atoms with van der Waals surface area (Å²) in [5, 5.41) is 3.04. The lowest BCUT2D eigenvalue weighted by Crippen LogP contribution is -2.43. The van der Waals surface area contributed by atoms with Crippen LogP contribution in [0.3, 0.4) is 0 Å². The van der Waals surface area contributed by atoms with Gasteiger partial charge in [0, 0.05) is 39.0 Å². The molecule has 3 aromatic carbocycles. The van der Waals surface area contributed by atoms with Crippen LogP contribution in [-0.4, -0.2) is 67.3 Å². The van der Waals surface area contributed by atoms with E-state index in [1.165, 1.54) is 0 Å². The standard InChI is InChI=1S/C31H32N4O4/c1-38-20-21-7-10-26-27(15-21)33-31(37)29(26)30(22-5-3-2-4-6-22)32-25-9-8-23-17-35(18-24(23)16-25)28(36)19-34-11-13-39-14-12-34/h2-10,15-16,29H,11-14,17-20H2,1H3,(H,33,37). The van der Waals surface area contributed by atoms with E-state index in [1.807, 2.05) is 59.5 Å². The third kappa shape index (κ3) is 5.36. The molecule has 1 unspecified atom stereocenters. The van der Waals surface area contributed by atoms with Crippen LogP contribution in [-0.2, 0) is 38.8 Å². The number of rotatable bonds is 7. The molecule has 39 heavy (non-hydrogen) atoms. The summed E-state index contributed by atoms with van der Waals surface area (Å²) >= 11 is 0. The molecular formula is C31H32N4O4. The van der Waals surface area contributed by atoms with Gasteiger partial charge in [-0.2, -0.15) is 0 Å². The predicted octanol–water partition coefficient (Wildman–Crippen LogP) is 3.86. The molecule has 3 aromatic rings. The van der Waals surface area contributed by atoms with Crippen molar-refractivity contribution in [3.05, 3.63) is 94.5 Å². The van der Waals surface area contributed by atoms with Gasteiger partial charge in [0.05, 0.1) is 37.8 Å². The van der Waals surface area contributed by atoms with Gasteiger partial charge in [-0.15, -0.1) is 0 Å². The molecule has 0 spiro atoms. The van der Waals surface area contributed by atoms with Gasteiger partial charge in [0.1, 0.15) is 5.92 Å². The molecule has 2 amide bonds. The van der Waals surface area contributed by atoms with E-state index < -0.39 is 5.92 Å². The summed E-state index contributed by atoms with van der Waals surface area (Å²) in [6.45, 7) is 5.01. The second-order valence-electron chi connectivity index (χ2n) is 10.2. The fraction of sp³-hybridized carbons (Fsp3) is 0.323. The van der Waals surface area contributed by atoms with Gasteiger partial charge in [-0.05, 0) is 46.0 Å². The molecule has 6 rings (SSSR count). The van der Waals surface area contributed by atoms with Crippen LogP contribution in [0.1, 0.15) is 33.7 Å². The number of morpholine rings is 1. The van der Waals surface area contributed by atoms with Gasteiger partial charge in [-0.3, -0.25) is 19.5 Å². The van der Waals surface area contributed by atoms with Crippen LogP contribution in [0.5, 0.6) is 0 Å². The molecular weight excluding hydrogens is 492 g/mol. The third-order valence-electron chi connectivity index (χ3n) is 7.58. The Hall–Kier alpha value is -3.85. The van der Waals surface area contributed by atoms with E-state index in [4.69, 9.17) is 14.5 Å². The summed E-state index contributed by atoms with van der Waals surface area (Å²) in [5.41, 5.74) is 7.31. The molecule has 1 fully saturated rings. The number of anilines is 1. The molecule has 1 atom stereocenters. The first-order valence-electron chi connectivity index (χ1n) is 13.4. The van der Waals surface area contributed by atoms with E-state index in [0.29, 0.717) is 45.2 Å². The summed E-state index contributed by atoms with van der Waals surface area (Å²) in [5.74, 6) is -0.489. The van der Waals surface area contributed by atoms with E-state index in [9.17, 15) is 9.59 Å². The number of amides is 2. The van der Waals surface area contributed by atoms with Gasteiger partial charge in [-0.1, -0.05) is 48.5 Å². The topological polar surface area (TPSA) is 83.5 Å². The summed E-state index contributed by atoms with van der Waals surface area (Å²) in [6, 6.07) is 21.9. The van der Waals surface area contributed by atoms with Gasteiger partial charge < -0.3 is 19.7 Å². The second-order valence-corrected chi connectivity index (χ2v) is 10.2. The van der Waals surface area contributed by atoms with Gasteiger partial charge in [0.2, 0.25) is 11.8 Å². The molecule has 1 saturated heterocycles. The molecule has 200 valence electrons. The van der Waals surface area contributed by atoms with E-state index in [-0.39, 0.29) is 11.8 Å². The number of aliphatic imine (C=N–C) groups is 1. The smallest absolute Gasteiger partial charge is 0.238 e. The van der Waals surface area contributed by atoms with Crippen molar-refractivity contribution in [1.29, 1.82) is 0 Å². The molecule has 3 aliphatic heterocycles. The zero-order valence-electron chi connectivity index (χ0n) is 22.1. The molecule has 3 heterocycles. The number of methoxy groups -OCH3 is 1. The maximum atomic E-state index is 13.3. The molecule has 0 bridgehead atoms. The second kappa shape index (κ2) is 11.1. The lowest BCUT2D eigenvalue weighted by Gasteiger charge is -2.27. The molecule has 0 aromatic heterocycles. The zero-order valence-corrected chi connectivity index (χ0v) is 22.1. The first kappa shape index (κ1) is 25.4. The molecule has 3 aliphatic rings. The fourth-order valence-electron chi connectivity index (χ4n) is 5.56. The van der Waals surface area contributed by atoms with Gasteiger partial charge in [-0.25, -0.2) is 0 Å². The quantitative estimate of drug-likeness (QED) is 0.475. The van der Waals surface area contributed by atoms with Crippen LogP contribution in [0.25, 0.3) is 0 Å². The number of hydrogen-bond donors (Lipinski definition) is 1. The Kier molecular flexibility index (Phi) is 7.24. The van der Waals surface area contributed by atoms with Crippen molar-refractivity contribution in [2.24, 2.45) is 4.99 Å². The Labute approximate surface area is 228 Å². The van der Waals surface area contributed by atoms with Crippen molar-refractivity contribution in [3.63, 3.8) is 0 Å². The van der Waals surface area contributed by atoms with Crippen molar-refractivity contribution in [3.8, 4) is 0 Å². The lowest BCUT2D eigenvalue weighted by molar-refractivity contribution is -0.134. The van der Waals surface area contributed by atoms with Gasteiger partial charge >= 0.3 is 0 Å². The molecule has 0 aliphatic carbocycles. The summed E-state index contributed by atoms with van der Waals surface area (Å²) in [4.78, 5) is 35.4. The van der Waals surface area contributed by atoms with Crippen molar-refractivity contribution < 1.29 is 19.1 Å². The number of nitrogens with one attached hydrogen (secondary N) is 1. The minimum Gasteiger partial charge on any atom is -0.380 e. The Morgan fingerprint density at radius 3 is 2.62 bits per heavy atom. The van der Waals surface area contributed by atoms with Crippen LogP contribution in [0, 0.1) is 0 Å². The number of fused-ring (bicyclic) bond motifs is 2. The van der Waals surface area contributed by atoms with E-state index in [0.717, 1.165) is 52.3 Å². The highest BCUT2D eigenvalue weighted by Crippen LogP contribution is 2.37. The largest absolute Gasteiger partial charge is 0.380 e. The number of carbonyl (C=O) groups excluding carboxylic acids is 2. The highest BCUT2D eigenvalue weighted by atomic mass is 16.5. The number of benzene rings is 3. The molecule has 0 saturated carbocycles. The van der Waals surface area contributed by atoms with Crippen LogP contribution in [0.2, 0.25) is 0 Å². The minimum absolute atomic E-state index is 0.0942. The summed E-state index contributed by atoms with van der Waals surface area (Å²) in [7, 11) is 1.66. The normalized spacial score (nSPS) is 19.1. The highest BCUT2D eigenvalue weighted by molar-refractivity contribution is 6.24. The Balaban J connectivity index is 1.28. The van der Waals surface area contributed by atoms with Crippen molar-refractivity contribution in [2.45, 2.75) is 25.6 Å². The van der Waals surface area contributed by atoms with Gasteiger partial charge in [0.25, 0.3) is 0 Å². The minimum atomic E-state index is -0.529. The fourth-order valence-corrected chi connectivity index (χ4v) is 5.56. The molecule has 0 radical (unpaired) electrons. The molecule has 8 nitrogen and oxygen atoms in total. The van der Waals surface area contributed by atoms with Crippen molar-refractivity contribution in [2.75, 3.05) is 45.3 Å². The van der Waals surface area contributed by atoms with Crippen LogP contribution in [0.4, 0.5) is 11.4 Å². The van der Waals surface area contributed by atoms with Crippen molar-refractivity contribution >= 4 is 28.9 Å². The summed E-state index contributed by atoms with van der Waals surface area (Å²) in [6.07, 6.45) is 0. The number of hydrogen-bond acceptors (Lipinski definition) is 6. The first-order valence-corrected chi connectivity index (χ1v) is 13.4. The van der Waals surface area contributed by atoms with E-state index >= 15 is 0 Å². The monoisotopic (exact) mass is 524 g/mol. The number of ether oxygens (including phenoxy) is 2. The highest BCUT2D eigenvalue weighted by Gasteiger charge is 2.35. The van der Waals surface area contributed by atoms with Gasteiger partial charge in [0.15, 0.2) is 0 Å². The average molecular weight is 525 g/mol. The zero-order chi connectivity index (χ0) is 26.8. The number of nitrogens with zero attached hydrogens (tertiary/aromatic N) is 3. The van der Waals surface area contributed by atoms with Crippen molar-refractivity contribution in [1.82, 2.24) is 9.80 Å². The van der Waals surface area contributed by atoms with Crippen LogP contribution in [0.15, 0.2) is 71.7 Å². The van der Waals surface area contributed by atoms with Crippen LogP contribution < -0.4 is 5.32 Å². The Morgan fingerprint density at radius 2 is 1.82 bits per heavy atom. The maximum absolute atomic E-state index is 13.3. The maximum Gasteiger partial charge on any atom is 0.238 e. The Morgan fingerprint density at radius 1 is 1.03 bits per heavy atom. The average Bonchev–Trinajstić information content (AvgIpc) is 3.53. The SMILES string of the molecule is COCc1ccc2c(c1)NC(=O)C2C(=Nc1ccc2c(c1)CN(C(=O)CN1CCOCC1)C2)c1ccccc1. The van der Waals surface area contributed by atoms with E-state index in [2.05, 4.69) is 22.3 Å². The van der Waals surface area contributed by atoms with Crippen LogP contribution >= 0.6 is 0 Å². The first-order chi connectivity index (χ1) is 19.1. The Bertz CT molecular complexity index is 1420. The number of carbonyl (C=O) groups is 2. The molecule has 8 heteroatoms. The van der Waals surface area contributed by atoms with E-state index in [1.54, 1.807) is 7.11 Å². The predicted molar refractivity (Wildman–Crippen MR) is 149 cm³/mol. The molecule has 1 N–H and O–H groups in total. The lowest BCUT2D eigenvalue weighted by atomic mass is 9.90.